The fourth-order valence-electron chi connectivity index (χ4n) is 3.04. The van der Waals surface area contributed by atoms with E-state index < -0.39 is 0 Å². The zero-order valence-corrected chi connectivity index (χ0v) is 15.3. The fraction of sp³-hybridized carbons (Fsp3) is 0.320. The number of hydrogen-bond donors (Lipinski definition) is 0. The van der Waals surface area contributed by atoms with E-state index in [-0.39, 0.29) is 0 Å². The van der Waals surface area contributed by atoms with Crippen LogP contribution >= 0.6 is 0 Å². The largest absolute Gasteiger partial charge is 0.0979 e. The molecule has 0 fully saturated rings. The molecular formula is C25H25. The van der Waals surface area contributed by atoms with Crippen molar-refractivity contribution in [1.29, 1.82) is 0 Å². The molecule has 0 heterocycles. The van der Waals surface area contributed by atoms with E-state index in [1.165, 1.54) is 47.9 Å². The first-order valence-electron chi connectivity index (χ1n) is 9.42. The average Bonchev–Trinajstić information content (AvgIpc) is 2.99. The van der Waals surface area contributed by atoms with Crippen LogP contribution in [-0.4, -0.2) is 0 Å². The van der Waals surface area contributed by atoms with Crippen LogP contribution < -0.4 is 0 Å². The minimum atomic E-state index is 0.984. The van der Waals surface area contributed by atoms with Gasteiger partial charge in [0, 0.05) is 30.4 Å². The zero-order valence-electron chi connectivity index (χ0n) is 15.3. The van der Waals surface area contributed by atoms with Gasteiger partial charge in [0.25, 0.3) is 0 Å². The van der Waals surface area contributed by atoms with Gasteiger partial charge >= 0.3 is 0 Å². The molecule has 0 saturated carbocycles. The molecule has 0 bridgehead atoms. The van der Waals surface area contributed by atoms with Crippen molar-refractivity contribution in [3.8, 4) is 34.8 Å². The van der Waals surface area contributed by atoms with Gasteiger partial charge in [-0.15, -0.1) is 0 Å². The molecule has 1 radical (unpaired) electrons. The highest BCUT2D eigenvalue weighted by Crippen LogP contribution is 2.38. The Morgan fingerprint density at radius 3 is 1.60 bits per heavy atom. The molecule has 2 aromatic carbocycles. The SMILES string of the molecule is CCCCC#Cc1ccc2c(c1)[CH]c1cc(C#CCCCC)ccc1-2. The Morgan fingerprint density at radius 2 is 1.16 bits per heavy atom. The highest BCUT2D eigenvalue weighted by Gasteiger charge is 2.18. The van der Waals surface area contributed by atoms with Crippen LogP contribution in [0.3, 0.4) is 0 Å². The van der Waals surface area contributed by atoms with E-state index in [0.29, 0.717) is 0 Å². The quantitative estimate of drug-likeness (QED) is 0.387. The van der Waals surface area contributed by atoms with Gasteiger partial charge in [-0.25, -0.2) is 0 Å². The van der Waals surface area contributed by atoms with Gasteiger partial charge in [0.15, 0.2) is 0 Å². The van der Waals surface area contributed by atoms with Crippen molar-refractivity contribution in [2.45, 2.75) is 52.4 Å². The van der Waals surface area contributed by atoms with E-state index >= 15 is 0 Å². The highest BCUT2D eigenvalue weighted by atomic mass is 14.2. The van der Waals surface area contributed by atoms with E-state index in [1.807, 2.05) is 0 Å². The van der Waals surface area contributed by atoms with Gasteiger partial charge in [0.05, 0.1) is 0 Å². The van der Waals surface area contributed by atoms with Gasteiger partial charge in [-0.1, -0.05) is 62.5 Å². The van der Waals surface area contributed by atoms with Gasteiger partial charge in [-0.3, -0.25) is 0 Å². The highest BCUT2D eigenvalue weighted by molar-refractivity contribution is 5.82. The van der Waals surface area contributed by atoms with E-state index in [2.05, 4.69) is 80.3 Å². The van der Waals surface area contributed by atoms with Crippen LogP contribution in [0.15, 0.2) is 36.4 Å². The summed E-state index contributed by atoms with van der Waals surface area (Å²) in [5.74, 6) is 13.1. The molecule has 0 unspecified atom stereocenters. The second-order valence-corrected chi connectivity index (χ2v) is 6.56. The Balaban J connectivity index is 1.76. The molecule has 0 atom stereocenters. The summed E-state index contributed by atoms with van der Waals surface area (Å²) in [6.07, 6.45) is 8.99. The smallest absolute Gasteiger partial charge is 0.0248 e. The maximum absolute atomic E-state index is 3.29. The molecule has 25 heavy (non-hydrogen) atoms. The molecule has 0 amide bonds. The predicted octanol–water partition coefficient (Wildman–Crippen LogP) is 6.35. The third kappa shape index (κ3) is 4.35. The summed E-state index contributed by atoms with van der Waals surface area (Å²) in [6, 6.07) is 13.1. The third-order valence-corrected chi connectivity index (χ3v) is 4.48. The first-order chi connectivity index (χ1) is 12.3. The third-order valence-electron chi connectivity index (χ3n) is 4.48. The van der Waals surface area contributed by atoms with Crippen LogP contribution in [0.4, 0.5) is 0 Å². The number of benzene rings is 2. The Bertz CT molecular complexity index is 789. The second kappa shape index (κ2) is 8.60. The van der Waals surface area contributed by atoms with Gasteiger partial charge < -0.3 is 0 Å². The lowest BCUT2D eigenvalue weighted by molar-refractivity contribution is 0.828. The molecule has 0 aromatic heterocycles. The lowest BCUT2D eigenvalue weighted by Gasteiger charge is -2.01. The molecule has 0 nitrogen and oxygen atoms in total. The van der Waals surface area contributed by atoms with Gasteiger partial charge in [0.2, 0.25) is 0 Å². The molecule has 0 spiro atoms. The summed E-state index contributed by atoms with van der Waals surface area (Å²) in [5.41, 5.74) is 7.37. The summed E-state index contributed by atoms with van der Waals surface area (Å²) in [7, 11) is 0. The van der Waals surface area contributed by atoms with Crippen molar-refractivity contribution < 1.29 is 0 Å². The molecule has 0 N–H and O–H groups in total. The van der Waals surface area contributed by atoms with Crippen LogP contribution in [0.2, 0.25) is 0 Å². The molecule has 3 rings (SSSR count). The molecule has 1 aliphatic rings. The van der Waals surface area contributed by atoms with Crippen LogP contribution in [0.25, 0.3) is 11.1 Å². The van der Waals surface area contributed by atoms with Gasteiger partial charge in [0.1, 0.15) is 0 Å². The Kier molecular flexibility index (Phi) is 5.98. The number of unbranched alkanes of at least 4 members (excludes halogenated alkanes) is 4. The first-order valence-corrected chi connectivity index (χ1v) is 9.42. The normalized spacial score (nSPS) is 11.0. The molecule has 1 aliphatic carbocycles. The number of fused-ring (bicyclic) bond motifs is 3. The standard InChI is InChI=1S/C25H25/c1-3-5-7-9-11-20-13-15-24-22(17-20)19-23-18-21(14-16-25(23)24)12-10-8-6-4-2/h13-19H,3-8H2,1-2H3. The van der Waals surface area contributed by atoms with E-state index in [0.717, 1.165) is 24.0 Å². The zero-order chi connectivity index (χ0) is 17.5. The van der Waals surface area contributed by atoms with Gasteiger partial charge in [-0.2, -0.15) is 0 Å². The molecular weight excluding hydrogens is 300 g/mol. The van der Waals surface area contributed by atoms with Gasteiger partial charge in [-0.05, 0) is 59.4 Å². The topological polar surface area (TPSA) is 0 Å². The van der Waals surface area contributed by atoms with Crippen LogP contribution in [0.1, 0.15) is 74.6 Å². The van der Waals surface area contributed by atoms with Crippen molar-refractivity contribution in [2.75, 3.05) is 0 Å². The molecule has 0 saturated heterocycles. The monoisotopic (exact) mass is 325 g/mol. The summed E-state index contributed by atoms with van der Waals surface area (Å²) in [5, 5.41) is 0. The fourth-order valence-corrected chi connectivity index (χ4v) is 3.04. The summed E-state index contributed by atoms with van der Waals surface area (Å²) < 4.78 is 0. The summed E-state index contributed by atoms with van der Waals surface area (Å²) in [6.45, 7) is 4.40. The minimum Gasteiger partial charge on any atom is -0.0979 e. The summed E-state index contributed by atoms with van der Waals surface area (Å²) >= 11 is 0. The molecule has 0 aliphatic heterocycles. The number of hydrogen-bond acceptors (Lipinski definition) is 0. The summed E-state index contributed by atoms with van der Waals surface area (Å²) in [4.78, 5) is 0. The number of rotatable bonds is 4. The maximum Gasteiger partial charge on any atom is 0.0248 e. The average molecular weight is 325 g/mol. The Hall–Kier alpha value is -2.44. The van der Waals surface area contributed by atoms with E-state index in [1.54, 1.807) is 0 Å². The van der Waals surface area contributed by atoms with E-state index in [4.69, 9.17) is 0 Å². The molecule has 125 valence electrons. The predicted molar refractivity (Wildman–Crippen MR) is 107 cm³/mol. The Labute approximate surface area is 152 Å². The van der Waals surface area contributed by atoms with Crippen molar-refractivity contribution in [2.24, 2.45) is 0 Å². The van der Waals surface area contributed by atoms with Crippen LogP contribution in [0.5, 0.6) is 0 Å². The van der Waals surface area contributed by atoms with Crippen molar-refractivity contribution in [1.82, 2.24) is 0 Å². The lowest BCUT2D eigenvalue weighted by atomic mass is 10.0. The van der Waals surface area contributed by atoms with E-state index in [9.17, 15) is 0 Å². The Morgan fingerprint density at radius 1 is 0.680 bits per heavy atom. The molecule has 0 heteroatoms. The van der Waals surface area contributed by atoms with Crippen molar-refractivity contribution in [3.63, 3.8) is 0 Å². The minimum absolute atomic E-state index is 0.984. The lowest BCUT2D eigenvalue weighted by Crippen LogP contribution is -1.81. The van der Waals surface area contributed by atoms with Crippen molar-refractivity contribution >= 4 is 0 Å². The second-order valence-electron chi connectivity index (χ2n) is 6.56. The van der Waals surface area contributed by atoms with Crippen molar-refractivity contribution in [3.05, 3.63) is 65.1 Å². The maximum atomic E-state index is 3.29. The molecule has 2 aromatic rings. The van der Waals surface area contributed by atoms with Crippen LogP contribution in [-0.2, 0) is 0 Å². The first kappa shape index (κ1) is 17.4. The van der Waals surface area contributed by atoms with Crippen LogP contribution in [0, 0.1) is 30.1 Å².